The second-order valence-electron chi connectivity index (χ2n) is 3.81. The van der Waals surface area contributed by atoms with Gasteiger partial charge in [-0.2, -0.15) is 0 Å². The summed E-state index contributed by atoms with van der Waals surface area (Å²) in [5, 5.41) is 0. The van der Waals surface area contributed by atoms with Gasteiger partial charge in [-0.15, -0.1) is 0 Å². The van der Waals surface area contributed by atoms with E-state index < -0.39 is 8.80 Å². The smallest absolute Gasteiger partial charge is 0.377 e. The molecule has 0 fully saturated rings. The summed E-state index contributed by atoms with van der Waals surface area (Å²) in [5.74, 6) is 0.626. The Morgan fingerprint density at radius 1 is 0.800 bits per heavy atom. The minimum Gasteiger partial charge on any atom is -0.377 e. The van der Waals surface area contributed by atoms with Crippen LogP contribution in [0, 0.1) is 5.92 Å². The number of rotatable bonds is 8. The number of hydrogen-bond donors (Lipinski definition) is 0. The van der Waals surface area contributed by atoms with Gasteiger partial charge in [0.1, 0.15) is 0 Å². The van der Waals surface area contributed by atoms with E-state index in [9.17, 15) is 0 Å². The molecule has 0 aliphatic heterocycles. The van der Waals surface area contributed by atoms with Crippen LogP contribution in [0.1, 0.15) is 40.0 Å². The SMILES string of the molecule is CCC(CC)C(CC)[Si](OC)(OC)OC. The summed E-state index contributed by atoms with van der Waals surface area (Å²) in [6.07, 6.45) is 3.35. The molecule has 0 aromatic carbocycles. The maximum absolute atomic E-state index is 5.57. The quantitative estimate of drug-likeness (QED) is 0.604. The van der Waals surface area contributed by atoms with Crippen LogP contribution in [-0.4, -0.2) is 30.1 Å². The molecule has 0 N–H and O–H groups in total. The van der Waals surface area contributed by atoms with E-state index in [4.69, 9.17) is 13.3 Å². The van der Waals surface area contributed by atoms with Crippen LogP contribution in [-0.2, 0) is 13.3 Å². The fourth-order valence-electron chi connectivity index (χ4n) is 2.43. The van der Waals surface area contributed by atoms with E-state index in [1.807, 2.05) is 0 Å². The van der Waals surface area contributed by atoms with Gasteiger partial charge in [0.2, 0.25) is 0 Å². The second kappa shape index (κ2) is 7.38. The van der Waals surface area contributed by atoms with Gasteiger partial charge in [0, 0.05) is 26.9 Å². The predicted octanol–water partition coefficient (Wildman–Crippen LogP) is 3.08. The third-order valence-corrected chi connectivity index (χ3v) is 6.86. The van der Waals surface area contributed by atoms with Crippen molar-refractivity contribution in [3.05, 3.63) is 0 Å². The first-order valence-corrected chi connectivity index (χ1v) is 7.61. The van der Waals surface area contributed by atoms with Gasteiger partial charge in [0.25, 0.3) is 0 Å². The van der Waals surface area contributed by atoms with Crippen molar-refractivity contribution in [2.24, 2.45) is 5.92 Å². The fraction of sp³-hybridized carbons (Fsp3) is 1.00. The van der Waals surface area contributed by atoms with Crippen molar-refractivity contribution in [3.8, 4) is 0 Å². The molecule has 0 aliphatic carbocycles. The normalized spacial score (nSPS) is 14.6. The second-order valence-corrected chi connectivity index (χ2v) is 6.98. The molecule has 0 heterocycles. The van der Waals surface area contributed by atoms with Crippen LogP contribution in [0.2, 0.25) is 5.54 Å². The Kier molecular flexibility index (Phi) is 7.43. The Bertz CT molecular complexity index is 148. The van der Waals surface area contributed by atoms with Crippen molar-refractivity contribution in [2.75, 3.05) is 21.3 Å². The largest absolute Gasteiger partial charge is 0.503 e. The Morgan fingerprint density at radius 2 is 1.20 bits per heavy atom. The van der Waals surface area contributed by atoms with E-state index in [1.54, 1.807) is 21.3 Å². The minimum absolute atomic E-state index is 0.410. The van der Waals surface area contributed by atoms with Crippen LogP contribution in [0.15, 0.2) is 0 Å². The van der Waals surface area contributed by atoms with Crippen molar-refractivity contribution in [2.45, 2.75) is 45.6 Å². The monoisotopic (exact) mass is 234 g/mol. The van der Waals surface area contributed by atoms with Gasteiger partial charge in [-0.25, -0.2) is 0 Å². The molecule has 0 bridgehead atoms. The summed E-state index contributed by atoms with van der Waals surface area (Å²) in [6.45, 7) is 6.62. The van der Waals surface area contributed by atoms with Gasteiger partial charge in [-0.3, -0.25) is 0 Å². The zero-order valence-electron chi connectivity index (χ0n) is 11.0. The predicted molar refractivity (Wildman–Crippen MR) is 64.9 cm³/mol. The van der Waals surface area contributed by atoms with Crippen molar-refractivity contribution >= 4 is 8.80 Å². The molecular formula is C11H26O3Si. The Labute approximate surface area is 95.5 Å². The van der Waals surface area contributed by atoms with Gasteiger partial charge < -0.3 is 13.3 Å². The lowest BCUT2D eigenvalue weighted by Crippen LogP contribution is -2.49. The molecule has 4 heteroatoms. The first-order chi connectivity index (χ1) is 7.15. The van der Waals surface area contributed by atoms with E-state index in [-0.39, 0.29) is 0 Å². The van der Waals surface area contributed by atoms with Crippen LogP contribution in [0.3, 0.4) is 0 Å². The average molecular weight is 234 g/mol. The molecule has 1 atom stereocenters. The summed E-state index contributed by atoms with van der Waals surface area (Å²) in [7, 11) is 2.64. The standard InChI is InChI=1S/C11H26O3Si/c1-7-10(8-2)11(9-3)15(12-4,13-5)14-6/h10-11H,7-9H2,1-6H3. The van der Waals surface area contributed by atoms with E-state index in [1.165, 1.54) is 0 Å². The summed E-state index contributed by atoms with van der Waals surface area (Å²) in [6, 6.07) is 0. The summed E-state index contributed by atoms with van der Waals surface area (Å²) < 4.78 is 16.7. The van der Waals surface area contributed by atoms with Gasteiger partial charge in [-0.05, 0) is 12.3 Å². The van der Waals surface area contributed by atoms with Crippen LogP contribution < -0.4 is 0 Å². The lowest BCUT2D eigenvalue weighted by molar-refractivity contribution is 0.0987. The maximum atomic E-state index is 5.57. The maximum Gasteiger partial charge on any atom is 0.503 e. The zero-order chi connectivity index (χ0) is 11.9. The average Bonchev–Trinajstić information content (AvgIpc) is 2.30. The molecule has 0 saturated heterocycles. The minimum atomic E-state index is -2.45. The Balaban J connectivity index is 4.86. The fourth-order valence-corrected chi connectivity index (χ4v) is 5.39. The van der Waals surface area contributed by atoms with Crippen molar-refractivity contribution < 1.29 is 13.3 Å². The van der Waals surface area contributed by atoms with Crippen LogP contribution in [0.5, 0.6) is 0 Å². The summed E-state index contributed by atoms with van der Waals surface area (Å²) >= 11 is 0. The lowest BCUT2D eigenvalue weighted by atomic mass is 9.97. The van der Waals surface area contributed by atoms with E-state index in [0.717, 1.165) is 19.3 Å². The first kappa shape index (κ1) is 15.1. The third-order valence-electron chi connectivity index (χ3n) is 3.37. The molecule has 92 valence electrons. The highest BCUT2D eigenvalue weighted by Crippen LogP contribution is 2.37. The molecule has 15 heavy (non-hydrogen) atoms. The molecule has 0 saturated carbocycles. The molecule has 0 radical (unpaired) electrons. The highest BCUT2D eigenvalue weighted by Gasteiger charge is 2.48. The zero-order valence-corrected chi connectivity index (χ0v) is 12.0. The summed E-state index contributed by atoms with van der Waals surface area (Å²) in [4.78, 5) is 0. The lowest BCUT2D eigenvalue weighted by Gasteiger charge is -2.36. The van der Waals surface area contributed by atoms with Crippen molar-refractivity contribution in [1.29, 1.82) is 0 Å². The van der Waals surface area contributed by atoms with Gasteiger partial charge >= 0.3 is 8.80 Å². The van der Waals surface area contributed by atoms with Crippen molar-refractivity contribution in [1.82, 2.24) is 0 Å². The molecule has 1 unspecified atom stereocenters. The van der Waals surface area contributed by atoms with E-state index in [2.05, 4.69) is 20.8 Å². The highest BCUT2D eigenvalue weighted by molar-refractivity contribution is 6.62. The Hall–Kier alpha value is 0.0969. The molecule has 0 aromatic heterocycles. The summed E-state index contributed by atoms with van der Waals surface area (Å²) in [5.41, 5.74) is 0.410. The topological polar surface area (TPSA) is 27.7 Å². The van der Waals surface area contributed by atoms with Gasteiger partial charge in [0.15, 0.2) is 0 Å². The van der Waals surface area contributed by atoms with E-state index in [0.29, 0.717) is 11.5 Å². The van der Waals surface area contributed by atoms with Gasteiger partial charge in [-0.1, -0.05) is 33.6 Å². The molecule has 3 nitrogen and oxygen atoms in total. The van der Waals surface area contributed by atoms with E-state index >= 15 is 0 Å². The molecule has 0 spiro atoms. The van der Waals surface area contributed by atoms with Crippen molar-refractivity contribution in [3.63, 3.8) is 0 Å². The van der Waals surface area contributed by atoms with Crippen LogP contribution in [0.25, 0.3) is 0 Å². The first-order valence-electron chi connectivity index (χ1n) is 5.81. The molecule has 0 amide bonds. The number of hydrogen-bond acceptors (Lipinski definition) is 3. The third kappa shape index (κ3) is 3.28. The molecule has 0 aromatic rings. The van der Waals surface area contributed by atoms with Crippen LogP contribution >= 0.6 is 0 Å². The highest BCUT2D eigenvalue weighted by atomic mass is 28.4. The van der Waals surface area contributed by atoms with Gasteiger partial charge in [0.05, 0.1) is 0 Å². The van der Waals surface area contributed by atoms with Crippen LogP contribution in [0.4, 0.5) is 0 Å². The Morgan fingerprint density at radius 3 is 1.40 bits per heavy atom. The molecule has 0 rings (SSSR count). The molecular weight excluding hydrogens is 208 g/mol. The molecule has 0 aliphatic rings.